The lowest BCUT2D eigenvalue weighted by Crippen LogP contribution is -2.46. The number of hydrogen-bond donors (Lipinski definition) is 1. The molecule has 1 fully saturated rings. The van der Waals surface area contributed by atoms with Crippen molar-refractivity contribution < 1.29 is 10.0 Å². The van der Waals surface area contributed by atoms with E-state index in [0.29, 0.717) is 17.9 Å². The molecule has 2 heterocycles. The standard InChI is InChI=1S/C12H17N3O3/c1-9-6-11(13-7-10(9)15(17)18)14-5-3-4-12(2,16)8-14/h6-7,16H,3-5,8H2,1-2H3. The largest absolute Gasteiger partial charge is 0.388 e. The van der Waals surface area contributed by atoms with Crippen LogP contribution in [0.4, 0.5) is 11.5 Å². The van der Waals surface area contributed by atoms with E-state index in [0.717, 1.165) is 19.4 Å². The minimum absolute atomic E-state index is 0.0301. The second-order valence-corrected chi connectivity index (χ2v) is 5.11. The summed E-state index contributed by atoms with van der Waals surface area (Å²) >= 11 is 0. The zero-order valence-electron chi connectivity index (χ0n) is 10.6. The highest BCUT2D eigenvalue weighted by molar-refractivity contribution is 5.49. The van der Waals surface area contributed by atoms with Gasteiger partial charge in [0, 0.05) is 18.7 Å². The number of rotatable bonds is 2. The number of pyridine rings is 1. The molecule has 0 spiro atoms. The van der Waals surface area contributed by atoms with Gasteiger partial charge >= 0.3 is 0 Å². The maximum absolute atomic E-state index is 10.7. The van der Waals surface area contributed by atoms with Crippen LogP contribution in [0.3, 0.4) is 0 Å². The van der Waals surface area contributed by atoms with E-state index in [4.69, 9.17) is 0 Å². The van der Waals surface area contributed by atoms with Gasteiger partial charge < -0.3 is 10.0 Å². The van der Waals surface area contributed by atoms with Gasteiger partial charge in [-0.3, -0.25) is 10.1 Å². The molecule has 0 aliphatic carbocycles. The van der Waals surface area contributed by atoms with E-state index in [2.05, 4.69) is 4.98 Å². The lowest BCUT2D eigenvalue weighted by atomic mass is 9.95. The summed E-state index contributed by atoms with van der Waals surface area (Å²) < 4.78 is 0. The van der Waals surface area contributed by atoms with Gasteiger partial charge in [0.15, 0.2) is 0 Å². The Morgan fingerprint density at radius 2 is 2.33 bits per heavy atom. The van der Waals surface area contributed by atoms with Gasteiger partial charge in [0.05, 0.1) is 10.5 Å². The van der Waals surface area contributed by atoms with E-state index in [1.54, 1.807) is 19.9 Å². The van der Waals surface area contributed by atoms with Crippen molar-refractivity contribution in [2.24, 2.45) is 0 Å². The number of piperidine rings is 1. The summed E-state index contributed by atoms with van der Waals surface area (Å²) in [6, 6.07) is 1.71. The minimum atomic E-state index is -0.713. The topological polar surface area (TPSA) is 79.5 Å². The van der Waals surface area contributed by atoms with Crippen molar-refractivity contribution in [3.05, 3.63) is 27.9 Å². The fourth-order valence-electron chi connectivity index (χ4n) is 2.31. The van der Waals surface area contributed by atoms with Gasteiger partial charge in [0.1, 0.15) is 12.0 Å². The monoisotopic (exact) mass is 251 g/mol. The average Bonchev–Trinajstić information content (AvgIpc) is 2.27. The number of anilines is 1. The van der Waals surface area contributed by atoms with Gasteiger partial charge in [-0.1, -0.05) is 0 Å². The summed E-state index contributed by atoms with van der Waals surface area (Å²) in [5.41, 5.74) is -0.0898. The molecule has 1 aliphatic rings. The molecule has 1 aromatic rings. The molecule has 1 unspecified atom stereocenters. The minimum Gasteiger partial charge on any atom is -0.388 e. The third-order valence-electron chi connectivity index (χ3n) is 3.26. The Morgan fingerprint density at radius 3 is 2.89 bits per heavy atom. The molecule has 0 bridgehead atoms. The molecule has 0 saturated carbocycles. The Hall–Kier alpha value is -1.69. The molecule has 1 aromatic heterocycles. The van der Waals surface area contributed by atoms with E-state index in [1.165, 1.54) is 6.20 Å². The lowest BCUT2D eigenvalue weighted by molar-refractivity contribution is -0.385. The molecule has 0 radical (unpaired) electrons. The first-order chi connectivity index (χ1) is 8.39. The highest BCUT2D eigenvalue weighted by Crippen LogP contribution is 2.27. The molecule has 6 heteroatoms. The molecule has 0 aromatic carbocycles. The quantitative estimate of drug-likeness (QED) is 0.638. The Balaban J connectivity index is 2.24. The lowest BCUT2D eigenvalue weighted by Gasteiger charge is -2.37. The zero-order valence-corrected chi connectivity index (χ0v) is 10.6. The third-order valence-corrected chi connectivity index (χ3v) is 3.26. The van der Waals surface area contributed by atoms with Gasteiger partial charge in [-0.25, -0.2) is 4.98 Å². The summed E-state index contributed by atoms with van der Waals surface area (Å²) in [5, 5.41) is 20.8. The summed E-state index contributed by atoms with van der Waals surface area (Å²) in [5.74, 6) is 0.693. The number of hydrogen-bond acceptors (Lipinski definition) is 5. The van der Waals surface area contributed by atoms with E-state index in [9.17, 15) is 15.2 Å². The Labute approximate surface area is 105 Å². The molecule has 1 aliphatic heterocycles. The molecular formula is C12H17N3O3. The van der Waals surface area contributed by atoms with E-state index < -0.39 is 10.5 Å². The normalized spacial score (nSPS) is 24.1. The maximum Gasteiger partial charge on any atom is 0.290 e. The predicted octanol–water partition coefficient (Wildman–Crippen LogP) is 1.65. The first kappa shape index (κ1) is 12.8. The number of aliphatic hydroxyl groups is 1. The number of nitrogens with zero attached hydrogens (tertiary/aromatic N) is 3. The Kier molecular flexibility index (Phi) is 3.21. The second kappa shape index (κ2) is 4.53. The fourth-order valence-corrected chi connectivity index (χ4v) is 2.31. The van der Waals surface area contributed by atoms with Crippen molar-refractivity contribution in [2.75, 3.05) is 18.0 Å². The average molecular weight is 251 g/mol. The third kappa shape index (κ3) is 2.59. The van der Waals surface area contributed by atoms with Crippen LogP contribution in [-0.4, -0.2) is 33.7 Å². The molecule has 6 nitrogen and oxygen atoms in total. The molecular weight excluding hydrogens is 234 g/mol. The van der Waals surface area contributed by atoms with Crippen molar-refractivity contribution in [3.8, 4) is 0 Å². The number of nitro groups is 1. The van der Waals surface area contributed by atoms with E-state index in [1.807, 2.05) is 4.90 Å². The van der Waals surface area contributed by atoms with Crippen LogP contribution < -0.4 is 4.90 Å². The maximum atomic E-state index is 10.7. The molecule has 2 rings (SSSR count). The highest BCUT2D eigenvalue weighted by Gasteiger charge is 2.29. The van der Waals surface area contributed by atoms with Crippen molar-refractivity contribution in [1.82, 2.24) is 4.98 Å². The summed E-state index contributed by atoms with van der Waals surface area (Å²) in [7, 11) is 0. The van der Waals surface area contributed by atoms with Gasteiger partial charge in [0.25, 0.3) is 5.69 Å². The van der Waals surface area contributed by atoms with Crippen LogP contribution in [0.5, 0.6) is 0 Å². The van der Waals surface area contributed by atoms with Crippen molar-refractivity contribution in [1.29, 1.82) is 0 Å². The van der Waals surface area contributed by atoms with Crippen LogP contribution in [0.15, 0.2) is 12.3 Å². The molecule has 18 heavy (non-hydrogen) atoms. The number of β-amino-alcohol motifs (C(OH)–C–C–N with tert-alkyl or cyclic N) is 1. The number of aromatic nitrogens is 1. The highest BCUT2D eigenvalue weighted by atomic mass is 16.6. The zero-order chi connectivity index (χ0) is 13.3. The van der Waals surface area contributed by atoms with Crippen molar-refractivity contribution in [3.63, 3.8) is 0 Å². The molecule has 1 atom stereocenters. The Morgan fingerprint density at radius 1 is 1.61 bits per heavy atom. The second-order valence-electron chi connectivity index (χ2n) is 5.11. The molecule has 1 saturated heterocycles. The molecule has 98 valence electrons. The van der Waals surface area contributed by atoms with Crippen LogP contribution in [0.25, 0.3) is 0 Å². The van der Waals surface area contributed by atoms with E-state index >= 15 is 0 Å². The van der Waals surface area contributed by atoms with Gasteiger partial charge in [-0.05, 0) is 32.8 Å². The number of aryl methyl sites for hydroxylation is 1. The van der Waals surface area contributed by atoms with Crippen molar-refractivity contribution >= 4 is 11.5 Å². The van der Waals surface area contributed by atoms with Gasteiger partial charge in [-0.2, -0.15) is 0 Å². The predicted molar refractivity (Wildman–Crippen MR) is 67.7 cm³/mol. The van der Waals surface area contributed by atoms with E-state index in [-0.39, 0.29) is 5.69 Å². The summed E-state index contributed by atoms with van der Waals surface area (Å²) in [4.78, 5) is 16.4. The van der Waals surface area contributed by atoms with Crippen LogP contribution in [0.1, 0.15) is 25.3 Å². The molecule has 0 amide bonds. The van der Waals surface area contributed by atoms with Crippen LogP contribution in [0.2, 0.25) is 0 Å². The smallest absolute Gasteiger partial charge is 0.290 e. The first-order valence-electron chi connectivity index (χ1n) is 5.97. The fraction of sp³-hybridized carbons (Fsp3) is 0.583. The van der Waals surface area contributed by atoms with Gasteiger partial charge in [-0.15, -0.1) is 0 Å². The van der Waals surface area contributed by atoms with Crippen LogP contribution in [-0.2, 0) is 0 Å². The van der Waals surface area contributed by atoms with Crippen LogP contribution in [0, 0.1) is 17.0 Å². The summed E-state index contributed by atoms with van der Waals surface area (Å²) in [6.07, 6.45) is 2.95. The first-order valence-corrected chi connectivity index (χ1v) is 5.97. The molecule has 1 N–H and O–H groups in total. The van der Waals surface area contributed by atoms with Crippen LogP contribution >= 0.6 is 0 Å². The Bertz CT molecular complexity index is 474. The summed E-state index contributed by atoms with van der Waals surface area (Å²) in [6.45, 7) is 4.83. The van der Waals surface area contributed by atoms with Crippen molar-refractivity contribution in [2.45, 2.75) is 32.3 Å². The van der Waals surface area contributed by atoms with Gasteiger partial charge in [0.2, 0.25) is 0 Å². The SMILES string of the molecule is Cc1cc(N2CCCC(C)(O)C2)ncc1[N+](=O)[O-].